The molecular weight excluding hydrogens is 523 g/mol. The first-order valence-corrected chi connectivity index (χ1v) is 12.6. The minimum atomic E-state index is -4.70. The van der Waals surface area contributed by atoms with Gasteiger partial charge in [0.15, 0.2) is 5.82 Å². The second kappa shape index (κ2) is 11.3. The molecule has 2 N–H and O–H groups in total. The molecule has 12 heteroatoms. The van der Waals surface area contributed by atoms with Crippen LogP contribution in [0.15, 0.2) is 40.8 Å². The summed E-state index contributed by atoms with van der Waals surface area (Å²) in [5.41, 5.74) is -1.78. The number of hydrogen-bond acceptors (Lipinski definition) is 6. The summed E-state index contributed by atoms with van der Waals surface area (Å²) in [4.78, 5) is 39.0. The molecule has 1 amide bonds. The highest BCUT2D eigenvalue weighted by atomic mass is 35.5. The lowest BCUT2D eigenvalue weighted by Crippen LogP contribution is -2.47. The Hall–Kier alpha value is -3.21. The predicted octanol–water partition coefficient (Wildman–Crippen LogP) is 5.21. The monoisotopic (exact) mass is 553 g/mol. The molecule has 0 fully saturated rings. The van der Waals surface area contributed by atoms with Crippen molar-refractivity contribution < 1.29 is 22.7 Å². The number of aromatic nitrogens is 4. The second-order valence-corrected chi connectivity index (χ2v) is 10.8. The van der Waals surface area contributed by atoms with E-state index in [9.17, 15) is 22.8 Å². The first kappa shape index (κ1) is 29.3. The fourth-order valence-electron chi connectivity index (χ4n) is 3.68. The van der Waals surface area contributed by atoms with E-state index in [0.717, 1.165) is 26.7 Å². The summed E-state index contributed by atoms with van der Waals surface area (Å²) in [6, 6.07) is 3.39. The van der Waals surface area contributed by atoms with Crippen molar-refractivity contribution in [3.8, 4) is 17.3 Å². The van der Waals surface area contributed by atoms with Crippen molar-refractivity contribution in [2.24, 2.45) is 5.41 Å². The predicted molar refractivity (Wildman–Crippen MR) is 139 cm³/mol. The number of nitrogens with one attached hydrogen (secondary N) is 2. The topological polar surface area (TPSA) is 110 Å². The van der Waals surface area contributed by atoms with Crippen LogP contribution in [0.25, 0.3) is 17.0 Å². The van der Waals surface area contributed by atoms with Crippen molar-refractivity contribution in [3.05, 3.63) is 52.4 Å². The number of nitrogens with zero attached hydrogens (tertiary/aromatic N) is 3. The van der Waals surface area contributed by atoms with Crippen LogP contribution in [0.5, 0.6) is 5.88 Å². The number of allylic oxidation sites excluding steroid dienone is 2. The van der Waals surface area contributed by atoms with Gasteiger partial charge in [0.1, 0.15) is 11.2 Å². The highest BCUT2D eigenvalue weighted by molar-refractivity contribution is 6.30. The minimum Gasteiger partial charge on any atom is -0.475 e. The Labute approximate surface area is 223 Å². The van der Waals surface area contributed by atoms with Crippen LogP contribution in [0.1, 0.15) is 59.7 Å². The van der Waals surface area contributed by atoms with Crippen molar-refractivity contribution in [2.45, 2.75) is 71.0 Å². The minimum absolute atomic E-state index is 0.00927. The zero-order chi connectivity index (χ0) is 28.3. The summed E-state index contributed by atoms with van der Waals surface area (Å²) >= 11 is 6.71. The van der Waals surface area contributed by atoms with Gasteiger partial charge in [-0.3, -0.25) is 9.78 Å². The average molecular weight is 554 g/mol. The van der Waals surface area contributed by atoms with Gasteiger partial charge in [0.05, 0.1) is 11.0 Å². The lowest BCUT2D eigenvalue weighted by Gasteiger charge is -2.29. The van der Waals surface area contributed by atoms with Crippen LogP contribution in [0.4, 0.5) is 13.2 Å². The first-order chi connectivity index (χ1) is 17.6. The van der Waals surface area contributed by atoms with Gasteiger partial charge in [-0.05, 0) is 58.3 Å². The Balaban J connectivity index is 1.85. The number of carbonyl (C=O) groups is 1. The van der Waals surface area contributed by atoms with E-state index in [1.807, 2.05) is 6.92 Å². The standard InChI is InChI=1S/C26H31ClF3N5O3/c1-6-7-15(2)38-19-9-8-17(14-31-19)20-33-21(35-23(37)34-20)18-12-16(10-11-25(18,5)27)13-32-22(36)24(3,4)26(28,29)30/h8-10,12,14-15H,6-7,11,13H2,1-5H3,(H,32,36)(H,33,34,35,37)/t15-,25?/m1/s1. The van der Waals surface area contributed by atoms with Crippen molar-refractivity contribution >= 4 is 23.1 Å². The second-order valence-electron chi connectivity index (χ2n) is 9.97. The van der Waals surface area contributed by atoms with Gasteiger partial charge < -0.3 is 10.1 Å². The molecule has 3 rings (SSSR count). The normalized spacial score (nSPS) is 18.9. The number of carbonyl (C=O) groups excluding carboxylic acids is 1. The summed E-state index contributed by atoms with van der Waals surface area (Å²) in [6.45, 7) is 7.22. The van der Waals surface area contributed by atoms with Gasteiger partial charge in [0.25, 0.3) is 0 Å². The maximum absolute atomic E-state index is 13.2. The molecule has 2 aromatic heterocycles. The van der Waals surface area contributed by atoms with Gasteiger partial charge in [0, 0.05) is 29.9 Å². The van der Waals surface area contributed by atoms with E-state index >= 15 is 0 Å². The molecule has 0 aromatic carbocycles. The number of alkyl halides is 4. The van der Waals surface area contributed by atoms with Crippen molar-refractivity contribution in [1.29, 1.82) is 0 Å². The Morgan fingerprint density at radius 3 is 2.61 bits per heavy atom. The lowest BCUT2D eigenvalue weighted by atomic mass is 9.87. The fraction of sp³-hybridized carbons (Fsp3) is 0.500. The molecule has 2 heterocycles. The third-order valence-corrected chi connectivity index (χ3v) is 6.64. The third-order valence-electron chi connectivity index (χ3n) is 6.29. The third kappa shape index (κ3) is 6.80. The van der Waals surface area contributed by atoms with E-state index in [-0.39, 0.29) is 30.7 Å². The van der Waals surface area contributed by atoms with Gasteiger partial charge in [-0.15, -0.1) is 11.6 Å². The first-order valence-electron chi connectivity index (χ1n) is 12.2. The lowest BCUT2D eigenvalue weighted by molar-refractivity contribution is -0.211. The number of hydrogen-bond donors (Lipinski definition) is 2. The highest BCUT2D eigenvalue weighted by Gasteiger charge is 2.52. The number of rotatable bonds is 9. The fourth-order valence-corrected chi connectivity index (χ4v) is 3.90. The molecule has 0 saturated heterocycles. The van der Waals surface area contributed by atoms with E-state index in [1.54, 1.807) is 31.2 Å². The van der Waals surface area contributed by atoms with Gasteiger partial charge in [0.2, 0.25) is 11.8 Å². The zero-order valence-electron chi connectivity index (χ0n) is 21.9. The summed E-state index contributed by atoms with van der Waals surface area (Å²) in [7, 11) is 0. The van der Waals surface area contributed by atoms with Crippen LogP contribution < -0.4 is 15.7 Å². The van der Waals surface area contributed by atoms with Gasteiger partial charge in [-0.1, -0.05) is 19.4 Å². The Kier molecular flexibility index (Phi) is 8.70. The molecule has 0 saturated carbocycles. The van der Waals surface area contributed by atoms with E-state index in [1.165, 1.54) is 6.20 Å². The number of pyridine rings is 1. The Bertz CT molecular complexity index is 1280. The zero-order valence-corrected chi connectivity index (χ0v) is 22.6. The van der Waals surface area contributed by atoms with Crippen molar-refractivity contribution in [2.75, 3.05) is 6.54 Å². The molecule has 206 valence electrons. The van der Waals surface area contributed by atoms with Crippen LogP contribution in [0.2, 0.25) is 0 Å². The molecule has 2 aromatic rings. The average Bonchev–Trinajstić information content (AvgIpc) is 2.82. The van der Waals surface area contributed by atoms with Crippen LogP contribution in [0.3, 0.4) is 0 Å². The van der Waals surface area contributed by atoms with E-state index in [0.29, 0.717) is 22.6 Å². The van der Waals surface area contributed by atoms with Gasteiger partial charge >= 0.3 is 11.9 Å². The molecule has 38 heavy (non-hydrogen) atoms. The number of ether oxygens (including phenoxy) is 1. The number of H-pyrrole nitrogens is 1. The van der Waals surface area contributed by atoms with Gasteiger partial charge in [-0.2, -0.15) is 18.2 Å². The van der Waals surface area contributed by atoms with E-state index < -0.39 is 28.1 Å². The van der Waals surface area contributed by atoms with Crippen LogP contribution >= 0.6 is 11.6 Å². The van der Waals surface area contributed by atoms with E-state index in [4.69, 9.17) is 16.3 Å². The summed E-state index contributed by atoms with van der Waals surface area (Å²) < 4.78 is 45.3. The van der Waals surface area contributed by atoms with Crippen molar-refractivity contribution in [3.63, 3.8) is 0 Å². The molecule has 0 aliphatic heterocycles. The molecule has 8 nitrogen and oxygen atoms in total. The maximum atomic E-state index is 13.2. The summed E-state index contributed by atoms with van der Waals surface area (Å²) in [5.74, 6) is -0.435. The van der Waals surface area contributed by atoms with Crippen LogP contribution in [-0.2, 0) is 4.79 Å². The molecular formula is C26H31ClF3N5O3. The largest absolute Gasteiger partial charge is 0.475 e. The molecule has 0 bridgehead atoms. The Morgan fingerprint density at radius 1 is 1.29 bits per heavy atom. The highest BCUT2D eigenvalue weighted by Crippen LogP contribution is 2.40. The SMILES string of the molecule is CCC[C@@H](C)Oc1ccc(-c2nc(C3=CC(CNC(=O)C(C)(C)C(F)(F)F)=CCC3(C)Cl)nc(=O)[nH]2)cn1. The smallest absolute Gasteiger partial charge is 0.402 e. The summed E-state index contributed by atoms with van der Waals surface area (Å²) in [6.07, 6.45) is 2.28. The van der Waals surface area contributed by atoms with E-state index in [2.05, 4.69) is 32.2 Å². The number of amides is 1. The number of aromatic amines is 1. The molecule has 1 unspecified atom stereocenters. The molecule has 0 radical (unpaired) electrons. The Morgan fingerprint density at radius 2 is 2.00 bits per heavy atom. The molecule has 2 atom stereocenters. The molecule has 1 aliphatic rings. The van der Waals surface area contributed by atoms with Crippen molar-refractivity contribution in [1.82, 2.24) is 25.3 Å². The molecule has 1 aliphatic carbocycles. The maximum Gasteiger partial charge on any atom is 0.402 e. The number of halogens is 4. The molecule has 0 spiro atoms. The van der Waals surface area contributed by atoms with Crippen LogP contribution in [-0.4, -0.2) is 49.5 Å². The van der Waals surface area contributed by atoms with Gasteiger partial charge in [-0.25, -0.2) is 14.8 Å². The summed E-state index contributed by atoms with van der Waals surface area (Å²) in [5, 5.41) is 2.33. The quantitative estimate of drug-likeness (QED) is 0.413. The van der Waals surface area contributed by atoms with Crippen LogP contribution in [0, 0.1) is 5.41 Å².